The van der Waals surface area contributed by atoms with Crippen molar-refractivity contribution in [3.8, 4) is 0 Å². The Morgan fingerprint density at radius 2 is 2.47 bits per heavy atom. The third-order valence-corrected chi connectivity index (χ3v) is 2.88. The van der Waals surface area contributed by atoms with Gasteiger partial charge in [-0.3, -0.25) is 4.79 Å². The first-order valence-corrected chi connectivity index (χ1v) is 6.10. The first-order chi connectivity index (χ1) is 7.18. The van der Waals surface area contributed by atoms with E-state index in [-0.39, 0.29) is 5.91 Å². The molecule has 0 fully saturated rings. The van der Waals surface area contributed by atoms with Crippen molar-refractivity contribution in [2.75, 3.05) is 12.3 Å². The number of carbonyl (C=O) groups is 1. The van der Waals surface area contributed by atoms with Crippen LogP contribution in [-0.2, 0) is 11.2 Å². The van der Waals surface area contributed by atoms with Crippen LogP contribution >= 0.6 is 11.8 Å². The van der Waals surface area contributed by atoms with Crippen molar-refractivity contribution >= 4 is 17.7 Å². The molecule has 0 saturated heterocycles. The van der Waals surface area contributed by atoms with E-state index in [1.165, 1.54) is 0 Å². The minimum atomic E-state index is 0.0975. The second kappa shape index (κ2) is 6.50. The number of H-pyrrole nitrogens is 1. The number of rotatable bonds is 6. The molecule has 1 aromatic heterocycles. The molecule has 0 aliphatic heterocycles. The monoisotopic (exact) mass is 227 g/mol. The van der Waals surface area contributed by atoms with E-state index in [4.69, 9.17) is 0 Å². The summed E-state index contributed by atoms with van der Waals surface area (Å²) in [5, 5.41) is 3.36. The number of hydrogen-bond acceptors (Lipinski definition) is 3. The quantitative estimate of drug-likeness (QED) is 0.768. The number of hydrogen-bond donors (Lipinski definition) is 2. The maximum Gasteiger partial charge on any atom is 0.230 e. The topological polar surface area (TPSA) is 57.8 Å². The normalized spacial score (nSPS) is 10.6. The zero-order valence-corrected chi connectivity index (χ0v) is 9.93. The molecule has 0 spiro atoms. The van der Waals surface area contributed by atoms with Crippen LogP contribution in [0.1, 0.15) is 19.7 Å². The second-order valence-electron chi connectivity index (χ2n) is 3.50. The molecular weight excluding hydrogens is 210 g/mol. The fourth-order valence-corrected chi connectivity index (χ4v) is 1.64. The molecule has 0 aromatic carbocycles. The lowest BCUT2D eigenvalue weighted by atomic mass is 10.4. The summed E-state index contributed by atoms with van der Waals surface area (Å²) in [6.07, 6.45) is 4.25. The van der Waals surface area contributed by atoms with E-state index in [1.54, 1.807) is 24.2 Å². The van der Waals surface area contributed by atoms with E-state index in [0.29, 0.717) is 17.5 Å². The van der Waals surface area contributed by atoms with Crippen LogP contribution < -0.4 is 5.32 Å². The van der Waals surface area contributed by atoms with Gasteiger partial charge in [0.2, 0.25) is 5.91 Å². The van der Waals surface area contributed by atoms with Crippen LogP contribution in [0.15, 0.2) is 12.4 Å². The molecule has 0 atom stereocenters. The predicted molar refractivity (Wildman–Crippen MR) is 62.9 cm³/mol. The number of aromatic amines is 1. The van der Waals surface area contributed by atoms with Crippen LogP contribution in [-0.4, -0.2) is 33.4 Å². The van der Waals surface area contributed by atoms with E-state index < -0.39 is 0 Å². The van der Waals surface area contributed by atoms with Gasteiger partial charge < -0.3 is 10.3 Å². The lowest BCUT2D eigenvalue weighted by molar-refractivity contribution is -0.118. The van der Waals surface area contributed by atoms with Crippen molar-refractivity contribution in [3.63, 3.8) is 0 Å². The number of carbonyl (C=O) groups excluding carboxylic acids is 1. The summed E-state index contributed by atoms with van der Waals surface area (Å²) in [4.78, 5) is 18.4. The lowest BCUT2D eigenvalue weighted by Crippen LogP contribution is -2.28. The Kier molecular flexibility index (Phi) is 5.25. The molecule has 0 bridgehead atoms. The van der Waals surface area contributed by atoms with E-state index in [1.807, 2.05) is 0 Å². The van der Waals surface area contributed by atoms with Gasteiger partial charge in [-0.1, -0.05) is 13.8 Å². The Morgan fingerprint density at radius 1 is 1.67 bits per heavy atom. The molecule has 84 valence electrons. The minimum Gasteiger partial charge on any atom is -0.355 e. The maximum atomic E-state index is 11.3. The van der Waals surface area contributed by atoms with E-state index in [9.17, 15) is 4.79 Å². The third kappa shape index (κ3) is 5.47. The van der Waals surface area contributed by atoms with Crippen LogP contribution in [0.25, 0.3) is 0 Å². The second-order valence-corrected chi connectivity index (χ2v) is 5.06. The van der Waals surface area contributed by atoms with E-state index in [0.717, 1.165) is 12.2 Å². The van der Waals surface area contributed by atoms with Gasteiger partial charge >= 0.3 is 0 Å². The number of thioether (sulfide) groups is 1. The highest BCUT2D eigenvalue weighted by Gasteiger charge is 2.03. The Bertz CT molecular complexity index is 285. The zero-order valence-electron chi connectivity index (χ0n) is 9.12. The molecule has 1 heterocycles. The van der Waals surface area contributed by atoms with Crippen molar-refractivity contribution in [3.05, 3.63) is 18.2 Å². The smallest absolute Gasteiger partial charge is 0.230 e. The van der Waals surface area contributed by atoms with Crippen molar-refractivity contribution in [1.29, 1.82) is 0 Å². The van der Waals surface area contributed by atoms with Crippen LogP contribution in [0.3, 0.4) is 0 Å². The Hall–Kier alpha value is -0.970. The van der Waals surface area contributed by atoms with Gasteiger partial charge in [0.05, 0.1) is 5.75 Å². The zero-order chi connectivity index (χ0) is 11.1. The summed E-state index contributed by atoms with van der Waals surface area (Å²) < 4.78 is 0. The Balaban J connectivity index is 2.07. The number of aromatic nitrogens is 2. The fourth-order valence-electron chi connectivity index (χ4n) is 1.05. The molecule has 0 aliphatic rings. The summed E-state index contributed by atoms with van der Waals surface area (Å²) >= 11 is 1.65. The van der Waals surface area contributed by atoms with Gasteiger partial charge in [0.25, 0.3) is 0 Å². The maximum absolute atomic E-state index is 11.3. The minimum absolute atomic E-state index is 0.0975. The molecule has 2 N–H and O–H groups in total. The van der Waals surface area contributed by atoms with Crippen LogP contribution in [0.2, 0.25) is 0 Å². The Labute approximate surface area is 94.2 Å². The fraction of sp³-hybridized carbons (Fsp3) is 0.600. The average Bonchev–Trinajstić information content (AvgIpc) is 2.67. The molecule has 0 radical (unpaired) electrons. The third-order valence-electron chi connectivity index (χ3n) is 1.79. The molecule has 1 amide bonds. The van der Waals surface area contributed by atoms with Crippen LogP contribution in [0, 0.1) is 0 Å². The van der Waals surface area contributed by atoms with Crippen molar-refractivity contribution < 1.29 is 4.79 Å². The number of imidazole rings is 1. The molecule has 4 nitrogen and oxygen atoms in total. The number of nitrogens with one attached hydrogen (secondary N) is 2. The molecule has 15 heavy (non-hydrogen) atoms. The molecule has 1 rings (SSSR count). The van der Waals surface area contributed by atoms with Crippen molar-refractivity contribution in [2.45, 2.75) is 25.5 Å². The van der Waals surface area contributed by atoms with Crippen molar-refractivity contribution in [1.82, 2.24) is 15.3 Å². The number of amides is 1. The van der Waals surface area contributed by atoms with Gasteiger partial charge in [0.15, 0.2) is 0 Å². The molecule has 5 heteroatoms. The molecule has 0 saturated carbocycles. The molecule has 0 unspecified atom stereocenters. The molecule has 0 aliphatic carbocycles. The summed E-state index contributed by atoms with van der Waals surface area (Å²) in [7, 11) is 0. The standard InChI is InChI=1S/C10H17N3OS/c1-8(2)15-7-10(14)13-4-3-9-11-5-6-12-9/h5-6,8H,3-4,7H2,1-2H3,(H,11,12)(H,13,14). The highest BCUT2D eigenvalue weighted by molar-refractivity contribution is 8.00. The summed E-state index contributed by atoms with van der Waals surface area (Å²) in [6.45, 7) is 4.81. The number of nitrogens with zero attached hydrogens (tertiary/aromatic N) is 1. The SMILES string of the molecule is CC(C)SCC(=O)NCCc1ncc[nH]1. The predicted octanol–water partition coefficient (Wildman–Crippen LogP) is 1.21. The van der Waals surface area contributed by atoms with Crippen LogP contribution in [0.5, 0.6) is 0 Å². The van der Waals surface area contributed by atoms with E-state index in [2.05, 4.69) is 29.1 Å². The van der Waals surface area contributed by atoms with Crippen LogP contribution in [0.4, 0.5) is 0 Å². The van der Waals surface area contributed by atoms with Gasteiger partial charge in [0.1, 0.15) is 5.82 Å². The lowest BCUT2D eigenvalue weighted by Gasteiger charge is -2.05. The largest absolute Gasteiger partial charge is 0.355 e. The molecular formula is C10H17N3OS. The summed E-state index contributed by atoms with van der Waals surface area (Å²) in [5.74, 6) is 1.54. The van der Waals surface area contributed by atoms with Crippen molar-refractivity contribution in [2.24, 2.45) is 0 Å². The Morgan fingerprint density at radius 3 is 3.07 bits per heavy atom. The summed E-state index contributed by atoms with van der Waals surface area (Å²) in [5.41, 5.74) is 0. The van der Waals surface area contributed by atoms with Gasteiger partial charge in [-0.25, -0.2) is 4.98 Å². The van der Waals surface area contributed by atoms with Gasteiger partial charge in [0, 0.05) is 25.4 Å². The van der Waals surface area contributed by atoms with Gasteiger partial charge in [-0.15, -0.1) is 11.8 Å². The first kappa shape index (κ1) is 12.1. The highest BCUT2D eigenvalue weighted by atomic mass is 32.2. The van der Waals surface area contributed by atoms with Gasteiger partial charge in [-0.2, -0.15) is 0 Å². The highest BCUT2D eigenvalue weighted by Crippen LogP contribution is 2.07. The average molecular weight is 227 g/mol. The van der Waals surface area contributed by atoms with Gasteiger partial charge in [-0.05, 0) is 5.25 Å². The van der Waals surface area contributed by atoms with E-state index >= 15 is 0 Å². The molecule has 1 aromatic rings. The summed E-state index contributed by atoms with van der Waals surface area (Å²) in [6, 6.07) is 0. The first-order valence-electron chi connectivity index (χ1n) is 5.05.